The number of ether oxygens (including phenoxy) is 1. The molecule has 1 saturated carbocycles. The van der Waals surface area contributed by atoms with Crippen molar-refractivity contribution in [3.05, 3.63) is 30.1 Å². The molecule has 1 atom stereocenters. The molecule has 1 unspecified atom stereocenters. The number of benzene rings is 1. The lowest BCUT2D eigenvalue weighted by molar-refractivity contribution is -0.128. The Labute approximate surface area is 125 Å². The van der Waals surface area contributed by atoms with Crippen LogP contribution in [0.4, 0.5) is 4.39 Å². The third kappa shape index (κ3) is 5.03. The van der Waals surface area contributed by atoms with E-state index in [1.165, 1.54) is 37.8 Å². The lowest BCUT2D eigenvalue weighted by atomic mass is 10.1. The fourth-order valence-corrected chi connectivity index (χ4v) is 2.72. The third-order valence-corrected chi connectivity index (χ3v) is 3.96. The zero-order chi connectivity index (χ0) is 15.1. The van der Waals surface area contributed by atoms with Crippen LogP contribution in [-0.2, 0) is 4.79 Å². The number of hydrogen-bond donors (Lipinski definition) is 1. The van der Waals surface area contributed by atoms with Crippen LogP contribution >= 0.6 is 0 Å². The van der Waals surface area contributed by atoms with Crippen LogP contribution in [0.1, 0.15) is 51.9 Å². The smallest absolute Gasteiger partial charge is 0.261 e. The Morgan fingerprint density at radius 3 is 2.43 bits per heavy atom. The zero-order valence-corrected chi connectivity index (χ0v) is 12.6. The Kier molecular flexibility index (Phi) is 6.03. The Bertz CT molecular complexity index is 439. The molecular formula is C17H24FNO2. The summed E-state index contributed by atoms with van der Waals surface area (Å²) in [4.78, 5) is 12.3. The normalized spacial score (nSPS) is 17.8. The Balaban J connectivity index is 1.89. The fraction of sp³-hybridized carbons (Fsp3) is 0.588. The molecule has 0 aliphatic heterocycles. The molecule has 0 heterocycles. The molecule has 1 aromatic carbocycles. The quantitative estimate of drug-likeness (QED) is 0.838. The molecule has 2 rings (SSSR count). The van der Waals surface area contributed by atoms with E-state index in [2.05, 4.69) is 5.32 Å². The van der Waals surface area contributed by atoms with Gasteiger partial charge in [-0.3, -0.25) is 4.79 Å². The molecule has 0 aromatic heterocycles. The van der Waals surface area contributed by atoms with Crippen molar-refractivity contribution in [3.8, 4) is 5.75 Å². The number of nitrogens with one attached hydrogen (secondary N) is 1. The second-order valence-electron chi connectivity index (χ2n) is 5.67. The van der Waals surface area contributed by atoms with Crippen LogP contribution in [0.15, 0.2) is 24.3 Å². The number of carbonyl (C=O) groups is 1. The summed E-state index contributed by atoms with van der Waals surface area (Å²) in [5.74, 6) is 0.159. The van der Waals surface area contributed by atoms with Gasteiger partial charge in [0, 0.05) is 6.04 Å². The molecule has 3 nitrogen and oxygen atoms in total. The van der Waals surface area contributed by atoms with Gasteiger partial charge in [0.05, 0.1) is 0 Å². The summed E-state index contributed by atoms with van der Waals surface area (Å²) in [6.07, 6.45) is 7.07. The minimum absolute atomic E-state index is 0.0614. The summed E-state index contributed by atoms with van der Waals surface area (Å²) in [6, 6.07) is 6.05. The standard InChI is InChI=1S/C17H24FNO2/c1-2-16(21-15-11-9-13(18)10-12-15)17(20)19-14-7-5-3-4-6-8-14/h9-12,14,16H,2-8H2,1H3,(H,19,20). The van der Waals surface area contributed by atoms with Crippen molar-refractivity contribution >= 4 is 5.91 Å². The lowest BCUT2D eigenvalue weighted by Crippen LogP contribution is -2.43. The van der Waals surface area contributed by atoms with Crippen LogP contribution in [0.2, 0.25) is 0 Å². The highest BCUT2D eigenvalue weighted by Crippen LogP contribution is 2.18. The predicted octanol–water partition coefficient (Wildman–Crippen LogP) is 3.82. The van der Waals surface area contributed by atoms with E-state index in [0.717, 1.165) is 12.8 Å². The van der Waals surface area contributed by atoms with Crippen molar-refractivity contribution in [2.75, 3.05) is 0 Å². The predicted molar refractivity (Wildman–Crippen MR) is 80.7 cm³/mol. The van der Waals surface area contributed by atoms with E-state index in [0.29, 0.717) is 12.2 Å². The molecule has 21 heavy (non-hydrogen) atoms. The SMILES string of the molecule is CCC(Oc1ccc(F)cc1)C(=O)NC1CCCCCC1. The van der Waals surface area contributed by atoms with Crippen molar-refractivity contribution in [2.45, 2.75) is 64.0 Å². The van der Waals surface area contributed by atoms with Gasteiger partial charge in [0.1, 0.15) is 11.6 Å². The number of carbonyl (C=O) groups excluding carboxylic acids is 1. The first-order chi connectivity index (χ1) is 10.2. The summed E-state index contributed by atoms with van der Waals surface area (Å²) in [7, 11) is 0. The molecule has 116 valence electrons. The molecule has 1 fully saturated rings. The summed E-state index contributed by atoms with van der Waals surface area (Å²) in [5.41, 5.74) is 0. The summed E-state index contributed by atoms with van der Waals surface area (Å²) in [5, 5.41) is 3.10. The van der Waals surface area contributed by atoms with Crippen LogP contribution in [0.5, 0.6) is 5.75 Å². The number of rotatable bonds is 5. The molecule has 1 amide bonds. The highest BCUT2D eigenvalue weighted by molar-refractivity contribution is 5.81. The number of hydrogen-bond acceptors (Lipinski definition) is 2. The van der Waals surface area contributed by atoms with Gasteiger partial charge in [0.25, 0.3) is 5.91 Å². The number of amides is 1. The maximum atomic E-state index is 12.9. The van der Waals surface area contributed by atoms with Gasteiger partial charge < -0.3 is 10.1 Å². The summed E-state index contributed by atoms with van der Waals surface area (Å²) >= 11 is 0. The first-order valence-corrected chi connectivity index (χ1v) is 7.91. The van der Waals surface area contributed by atoms with E-state index >= 15 is 0 Å². The van der Waals surface area contributed by atoms with Crippen molar-refractivity contribution < 1.29 is 13.9 Å². The van der Waals surface area contributed by atoms with Crippen molar-refractivity contribution in [2.24, 2.45) is 0 Å². The third-order valence-electron chi connectivity index (χ3n) is 3.96. The van der Waals surface area contributed by atoms with Crippen LogP contribution in [0.25, 0.3) is 0 Å². The van der Waals surface area contributed by atoms with Gasteiger partial charge in [-0.1, -0.05) is 32.6 Å². The van der Waals surface area contributed by atoms with E-state index in [1.807, 2.05) is 6.92 Å². The number of halogens is 1. The summed E-state index contributed by atoms with van der Waals surface area (Å²) < 4.78 is 18.6. The van der Waals surface area contributed by atoms with Crippen LogP contribution in [0, 0.1) is 5.82 Å². The average Bonchev–Trinajstić information content (AvgIpc) is 2.75. The minimum atomic E-state index is -0.515. The molecule has 0 saturated heterocycles. The largest absolute Gasteiger partial charge is 0.481 e. The van der Waals surface area contributed by atoms with Gasteiger partial charge in [-0.25, -0.2) is 4.39 Å². The second kappa shape index (κ2) is 8.01. The van der Waals surface area contributed by atoms with Gasteiger partial charge >= 0.3 is 0 Å². The van der Waals surface area contributed by atoms with Crippen molar-refractivity contribution in [3.63, 3.8) is 0 Å². The lowest BCUT2D eigenvalue weighted by Gasteiger charge is -2.21. The zero-order valence-electron chi connectivity index (χ0n) is 12.6. The minimum Gasteiger partial charge on any atom is -0.481 e. The molecular weight excluding hydrogens is 269 g/mol. The maximum Gasteiger partial charge on any atom is 0.261 e. The second-order valence-corrected chi connectivity index (χ2v) is 5.67. The Morgan fingerprint density at radius 2 is 1.86 bits per heavy atom. The van der Waals surface area contributed by atoms with Crippen LogP contribution < -0.4 is 10.1 Å². The molecule has 0 spiro atoms. The van der Waals surface area contributed by atoms with Gasteiger partial charge in [-0.2, -0.15) is 0 Å². The topological polar surface area (TPSA) is 38.3 Å². The average molecular weight is 293 g/mol. The van der Waals surface area contributed by atoms with E-state index in [-0.39, 0.29) is 17.8 Å². The van der Waals surface area contributed by atoms with Gasteiger partial charge in [-0.15, -0.1) is 0 Å². The van der Waals surface area contributed by atoms with Crippen molar-refractivity contribution in [1.82, 2.24) is 5.32 Å². The van der Waals surface area contributed by atoms with Gasteiger partial charge in [0.15, 0.2) is 6.10 Å². The summed E-state index contributed by atoms with van der Waals surface area (Å²) in [6.45, 7) is 1.92. The van der Waals surface area contributed by atoms with Gasteiger partial charge in [0.2, 0.25) is 0 Å². The van der Waals surface area contributed by atoms with Crippen molar-refractivity contribution in [1.29, 1.82) is 0 Å². The maximum absolute atomic E-state index is 12.9. The Morgan fingerprint density at radius 1 is 1.24 bits per heavy atom. The molecule has 0 bridgehead atoms. The van der Waals surface area contributed by atoms with Crippen LogP contribution in [-0.4, -0.2) is 18.1 Å². The monoisotopic (exact) mass is 293 g/mol. The molecule has 1 N–H and O–H groups in total. The Hall–Kier alpha value is -1.58. The van der Waals surface area contributed by atoms with E-state index in [9.17, 15) is 9.18 Å². The first-order valence-electron chi connectivity index (χ1n) is 7.91. The molecule has 0 radical (unpaired) electrons. The van der Waals surface area contributed by atoms with E-state index < -0.39 is 6.10 Å². The molecule has 1 aliphatic carbocycles. The highest BCUT2D eigenvalue weighted by atomic mass is 19.1. The first kappa shape index (κ1) is 15.8. The van der Waals surface area contributed by atoms with Gasteiger partial charge in [-0.05, 0) is 43.5 Å². The van der Waals surface area contributed by atoms with E-state index in [1.54, 1.807) is 12.1 Å². The molecule has 1 aromatic rings. The van der Waals surface area contributed by atoms with E-state index in [4.69, 9.17) is 4.74 Å². The molecule has 4 heteroatoms. The van der Waals surface area contributed by atoms with Crippen LogP contribution in [0.3, 0.4) is 0 Å². The fourth-order valence-electron chi connectivity index (χ4n) is 2.72. The highest BCUT2D eigenvalue weighted by Gasteiger charge is 2.22. The molecule has 1 aliphatic rings.